The van der Waals surface area contributed by atoms with E-state index in [1.807, 2.05) is 18.2 Å². The zero-order valence-electron chi connectivity index (χ0n) is 33.7. The first-order chi connectivity index (χ1) is 28.0. The molecule has 0 N–H and O–H groups in total. The molecule has 11 rings (SSSR count). The van der Waals surface area contributed by atoms with Gasteiger partial charge in [0.15, 0.2) is 17.5 Å². The number of benzene rings is 7. The molecule has 9 aromatic rings. The molecule has 0 atom stereocenters. The van der Waals surface area contributed by atoms with E-state index in [0.717, 1.165) is 44.2 Å². The fourth-order valence-electron chi connectivity index (χ4n) is 9.85. The lowest BCUT2D eigenvalue weighted by Crippen LogP contribution is -2.25. The number of hydrogen-bond donors (Lipinski definition) is 0. The molecule has 0 unspecified atom stereocenters. The minimum atomic E-state index is -0.470. The van der Waals surface area contributed by atoms with E-state index in [0.29, 0.717) is 17.5 Å². The maximum atomic E-state index is 6.98. The topological polar surface area (TPSA) is 51.8 Å². The number of furan rings is 1. The molecule has 2 heterocycles. The Bertz CT molecular complexity index is 3080. The van der Waals surface area contributed by atoms with Gasteiger partial charge in [0.2, 0.25) is 0 Å². The molecule has 0 bridgehead atoms. The Balaban J connectivity index is 1.19. The molecule has 2 aromatic heterocycles. The summed E-state index contributed by atoms with van der Waals surface area (Å²) in [5, 5.41) is 2.11. The van der Waals surface area contributed by atoms with Gasteiger partial charge in [-0.3, -0.25) is 0 Å². The first-order valence-electron chi connectivity index (χ1n) is 20.3. The van der Waals surface area contributed by atoms with Gasteiger partial charge in [-0.05, 0) is 67.5 Å². The Morgan fingerprint density at radius 1 is 0.397 bits per heavy atom. The number of hydrogen-bond acceptors (Lipinski definition) is 4. The molecule has 2 aliphatic carbocycles. The van der Waals surface area contributed by atoms with E-state index in [-0.39, 0.29) is 10.8 Å². The summed E-state index contributed by atoms with van der Waals surface area (Å²) < 4.78 is 6.98. The van der Waals surface area contributed by atoms with E-state index < -0.39 is 5.41 Å². The third-order valence-electron chi connectivity index (χ3n) is 12.4. The van der Waals surface area contributed by atoms with Gasteiger partial charge in [0.25, 0.3) is 0 Å². The van der Waals surface area contributed by atoms with Crippen molar-refractivity contribution in [3.63, 3.8) is 0 Å². The average Bonchev–Trinajstić information content (AvgIpc) is 3.87. The summed E-state index contributed by atoms with van der Waals surface area (Å²) in [5.41, 5.74) is 16.5. The molecule has 4 nitrogen and oxygen atoms in total. The molecule has 0 aliphatic heterocycles. The van der Waals surface area contributed by atoms with Crippen molar-refractivity contribution in [3.05, 3.63) is 185 Å². The molecule has 1 spiro atoms. The maximum Gasteiger partial charge on any atom is 0.164 e. The van der Waals surface area contributed by atoms with Gasteiger partial charge >= 0.3 is 0 Å². The van der Waals surface area contributed by atoms with Gasteiger partial charge in [0, 0.05) is 38.6 Å². The number of fused-ring (bicyclic) bond motifs is 13. The minimum Gasteiger partial charge on any atom is -0.455 e. The molecule has 0 fully saturated rings. The highest BCUT2D eigenvalue weighted by molar-refractivity contribution is 6.14. The predicted octanol–water partition coefficient (Wildman–Crippen LogP) is 13.7. The number of aromatic nitrogens is 3. The summed E-state index contributed by atoms with van der Waals surface area (Å²) in [6, 6.07) is 54.7. The zero-order valence-corrected chi connectivity index (χ0v) is 33.7. The molecule has 4 heteroatoms. The summed E-state index contributed by atoms with van der Waals surface area (Å²) in [4.78, 5) is 15.9. The summed E-state index contributed by atoms with van der Waals surface area (Å²) in [6.07, 6.45) is 0. The lowest BCUT2D eigenvalue weighted by Gasteiger charge is -2.30. The quantitative estimate of drug-likeness (QED) is 0.180. The van der Waals surface area contributed by atoms with Gasteiger partial charge in [-0.25, -0.2) is 15.0 Å². The van der Waals surface area contributed by atoms with E-state index in [9.17, 15) is 0 Å². The smallest absolute Gasteiger partial charge is 0.164 e. The Hall–Kier alpha value is -6.65. The SMILES string of the molecule is CC(C)(C)c1cccc2c1oc1c(C(C)(C)C)ccc(-c3nc(-c4ccccc4)nc(-c4ccc5c(c4)C4(c6ccccc6-c6ccccc64)c4ccccc4-5)n3)c12. The Morgan fingerprint density at radius 3 is 1.50 bits per heavy atom. The van der Waals surface area contributed by atoms with Crippen LogP contribution in [0, 0.1) is 0 Å². The third kappa shape index (κ3) is 4.84. The van der Waals surface area contributed by atoms with Crippen molar-refractivity contribution >= 4 is 21.9 Å². The van der Waals surface area contributed by atoms with Crippen molar-refractivity contribution in [1.82, 2.24) is 15.0 Å². The fraction of sp³-hybridized carbons (Fsp3) is 0.167. The molecular formula is C54H43N3O. The van der Waals surface area contributed by atoms with Crippen LogP contribution in [0.15, 0.2) is 156 Å². The first-order valence-corrected chi connectivity index (χ1v) is 20.3. The van der Waals surface area contributed by atoms with Crippen molar-refractivity contribution in [3.8, 4) is 56.4 Å². The van der Waals surface area contributed by atoms with E-state index in [1.165, 1.54) is 50.1 Å². The predicted molar refractivity (Wildman–Crippen MR) is 237 cm³/mol. The van der Waals surface area contributed by atoms with Crippen LogP contribution in [0.4, 0.5) is 0 Å². The molecular weight excluding hydrogens is 707 g/mol. The highest BCUT2D eigenvalue weighted by atomic mass is 16.3. The highest BCUT2D eigenvalue weighted by Crippen LogP contribution is 2.63. The number of para-hydroxylation sites is 1. The van der Waals surface area contributed by atoms with Crippen LogP contribution in [0.1, 0.15) is 74.9 Å². The average molecular weight is 750 g/mol. The van der Waals surface area contributed by atoms with Crippen molar-refractivity contribution in [2.45, 2.75) is 57.8 Å². The first kappa shape index (κ1) is 34.6. The lowest BCUT2D eigenvalue weighted by atomic mass is 9.70. The van der Waals surface area contributed by atoms with Gasteiger partial charge in [0.05, 0.1) is 5.41 Å². The van der Waals surface area contributed by atoms with Gasteiger partial charge in [-0.15, -0.1) is 0 Å². The van der Waals surface area contributed by atoms with Crippen molar-refractivity contribution in [2.24, 2.45) is 0 Å². The molecule has 0 amide bonds. The van der Waals surface area contributed by atoms with Gasteiger partial charge in [-0.1, -0.05) is 181 Å². The Kier molecular flexibility index (Phi) is 7.26. The summed E-state index contributed by atoms with van der Waals surface area (Å²) in [5.74, 6) is 1.88. The van der Waals surface area contributed by atoms with E-state index in [1.54, 1.807) is 0 Å². The Labute approximate surface area is 339 Å². The van der Waals surface area contributed by atoms with Crippen molar-refractivity contribution in [2.75, 3.05) is 0 Å². The number of rotatable bonds is 3. The van der Waals surface area contributed by atoms with E-state index >= 15 is 0 Å². The molecule has 280 valence electrons. The van der Waals surface area contributed by atoms with Crippen LogP contribution >= 0.6 is 0 Å². The van der Waals surface area contributed by atoms with Crippen LogP contribution in [0.2, 0.25) is 0 Å². The monoisotopic (exact) mass is 749 g/mol. The third-order valence-corrected chi connectivity index (χ3v) is 12.4. The Morgan fingerprint density at radius 2 is 0.897 bits per heavy atom. The molecule has 2 aliphatic rings. The summed E-state index contributed by atoms with van der Waals surface area (Å²) >= 11 is 0. The second-order valence-electron chi connectivity index (χ2n) is 18.0. The van der Waals surface area contributed by atoms with Crippen LogP contribution in [0.3, 0.4) is 0 Å². The summed E-state index contributed by atoms with van der Waals surface area (Å²) in [7, 11) is 0. The van der Waals surface area contributed by atoms with E-state index in [2.05, 4.69) is 175 Å². The maximum absolute atomic E-state index is 6.98. The van der Waals surface area contributed by atoms with Crippen LogP contribution in [0.25, 0.3) is 78.4 Å². The van der Waals surface area contributed by atoms with Crippen LogP contribution in [-0.2, 0) is 16.2 Å². The van der Waals surface area contributed by atoms with Crippen LogP contribution in [0.5, 0.6) is 0 Å². The van der Waals surface area contributed by atoms with E-state index in [4.69, 9.17) is 19.4 Å². The molecule has 0 radical (unpaired) electrons. The van der Waals surface area contributed by atoms with Crippen molar-refractivity contribution in [1.29, 1.82) is 0 Å². The second kappa shape index (κ2) is 12.2. The lowest BCUT2D eigenvalue weighted by molar-refractivity contribution is 0.557. The molecule has 0 saturated carbocycles. The molecule has 7 aromatic carbocycles. The normalized spacial score (nSPS) is 13.8. The highest BCUT2D eigenvalue weighted by Gasteiger charge is 2.51. The summed E-state index contributed by atoms with van der Waals surface area (Å²) in [6.45, 7) is 13.5. The fourth-order valence-corrected chi connectivity index (χ4v) is 9.85. The number of nitrogens with zero attached hydrogens (tertiary/aromatic N) is 3. The second-order valence-corrected chi connectivity index (χ2v) is 18.0. The largest absolute Gasteiger partial charge is 0.455 e. The van der Waals surface area contributed by atoms with Gasteiger partial charge < -0.3 is 4.42 Å². The zero-order chi connectivity index (χ0) is 39.6. The van der Waals surface area contributed by atoms with Gasteiger partial charge in [0.1, 0.15) is 11.2 Å². The van der Waals surface area contributed by atoms with Crippen molar-refractivity contribution < 1.29 is 4.42 Å². The molecule has 58 heavy (non-hydrogen) atoms. The van der Waals surface area contributed by atoms with Gasteiger partial charge in [-0.2, -0.15) is 0 Å². The van der Waals surface area contributed by atoms with Crippen LogP contribution < -0.4 is 0 Å². The standard InChI is InChI=1S/C54H43N3O/c1-52(2,3)43-26-16-22-38-46-39(29-30-44(53(4,5)6)48(46)58-47(38)43)51-56-49(32-17-8-7-9-18-32)55-50(57-51)33-27-28-37-36-21-12-15-25-42(36)54(45(37)31-33)40-23-13-10-19-34(40)35-20-11-14-24-41(35)54/h7-31H,1-6H3. The molecule has 0 saturated heterocycles. The van der Waals surface area contributed by atoms with Crippen LogP contribution in [-0.4, -0.2) is 15.0 Å². The minimum absolute atomic E-state index is 0.110.